The molecule has 0 aliphatic carbocycles. The van der Waals surface area contributed by atoms with E-state index in [1.54, 1.807) is 6.08 Å². The molecule has 0 spiro atoms. The molecular weight excluding hydrogens is 448 g/mol. The molecular formula is C35H76N2. The van der Waals surface area contributed by atoms with Gasteiger partial charge in [0.1, 0.15) is 0 Å². The van der Waals surface area contributed by atoms with Crippen LogP contribution in [0.2, 0.25) is 0 Å². The van der Waals surface area contributed by atoms with Gasteiger partial charge in [-0.25, -0.2) is 0 Å². The largest absolute Gasteiger partial charge is 0.317 e. The van der Waals surface area contributed by atoms with Crippen LogP contribution < -0.4 is 5.32 Å². The molecule has 0 saturated heterocycles. The van der Waals surface area contributed by atoms with E-state index in [1.165, 1.54) is 174 Å². The second-order valence-electron chi connectivity index (χ2n) is 11.0. The first-order chi connectivity index (χ1) is 18.2. The highest BCUT2D eigenvalue weighted by Crippen LogP contribution is 2.08. The van der Waals surface area contributed by atoms with Gasteiger partial charge in [0, 0.05) is 0 Å². The van der Waals surface area contributed by atoms with Crippen LogP contribution in [0.5, 0.6) is 0 Å². The van der Waals surface area contributed by atoms with Crippen LogP contribution in [-0.2, 0) is 0 Å². The molecule has 0 radical (unpaired) electrons. The molecule has 2 nitrogen and oxygen atoms in total. The molecule has 226 valence electrons. The molecule has 0 fully saturated rings. The average Bonchev–Trinajstić information content (AvgIpc) is 2.90. The lowest BCUT2D eigenvalue weighted by atomic mass is 10.1. The van der Waals surface area contributed by atoms with Gasteiger partial charge < -0.3 is 10.2 Å². The highest BCUT2D eigenvalue weighted by atomic mass is 15.1. The molecule has 0 bridgehead atoms. The smallest absolute Gasteiger partial charge is 0.00187 e. The van der Waals surface area contributed by atoms with Crippen LogP contribution in [0.1, 0.15) is 183 Å². The highest BCUT2D eigenvalue weighted by Gasteiger charge is 2.03. The second-order valence-corrected chi connectivity index (χ2v) is 11.0. The molecule has 0 aromatic heterocycles. The van der Waals surface area contributed by atoms with Gasteiger partial charge in [0.2, 0.25) is 0 Å². The number of nitrogens with zero attached hydrogens (tertiary/aromatic N) is 1. The quantitative estimate of drug-likeness (QED) is 0.0848. The molecule has 0 aliphatic heterocycles. The van der Waals surface area contributed by atoms with Crippen molar-refractivity contribution < 1.29 is 0 Å². The van der Waals surface area contributed by atoms with Crippen LogP contribution in [0.25, 0.3) is 0 Å². The van der Waals surface area contributed by atoms with Crippen LogP contribution in [0, 0.1) is 0 Å². The molecule has 37 heavy (non-hydrogen) atoms. The summed E-state index contributed by atoms with van der Waals surface area (Å²) >= 11 is 0. The Hall–Kier alpha value is -0.340. The van der Waals surface area contributed by atoms with Crippen LogP contribution in [0.3, 0.4) is 0 Å². The number of hydrogen-bond donors (Lipinski definition) is 1. The Kier molecular flexibility index (Phi) is 47.5. The summed E-state index contributed by atoms with van der Waals surface area (Å²) in [5, 5.41) is 3.54. The molecule has 0 aromatic carbocycles. The molecule has 0 heterocycles. The van der Waals surface area contributed by atoms with E-state index in [0.717, 1.165) is 0 Å². The van der Waals surface area contributed by atoms with Crippen molar-refractivity contribution in [2.75, 3.05) is 32.7 Å². The van der Waals surface area contributed by atoms with E-state index in [0.29, 0.717) is 0 Å². The minimum absolute atomic E-state index is 1.23. The fraction of sp³-hybridized carbons (Fsp3) is 0.943. The van der Waals surface area contributed by atoms with Gasteiger partial charge in [-0.15, -0.1) is 6.58 Å². The third kappa shape index (κ3) is 45.9. The maximum atomic E-state index is 3.54. The summed E-state index contributed by atoms with van der Waals surface area (Å²) in [6.45, 7) is 23.1. The maximum absolute atomic E-state index is 3.54. The highest BCUT2D eigenvalue weighted by molar-refractivity contribution is 4.58. The summed E-state index contributed by atoms with van der Waals surface area (Å²) < 4.78 is 0. The van der Waals surface area contributed by atoms with Crippen molar-refractivity contribution in [1.29, 1.82) is 0 Å². The van der Waals surface area contributed by atoms with Gasteiger partial charge in [-0.3, -0.25) is 0 Å². The van der Waals surface area contributed by atoms with Crippen molar-refractivity contribution in [3.8, 4) is 0 Å². The summed E-state index contributed by atoms with van der Waals surface area (Å²) in [5.74, 6) is 0. The molecule has 0 aliphatic rings. The van der Waals surface area contributed by atoms with Gasteiger partial charge >= 0.3 is 0 Å². The van der Waals surface area contributed by atoms with Gasteiger partial charge in [-0.2, -0.15) is 0 Å². The van der Waals surface area contributed by atoms with Crippen LogP contribution in [0.15, 0.2) is 12.7 Å². The number of unbranched alkanes of at least 4 members (excludes halogenated alkanes) is 17. The second kappa shape index (κ2) is 42.7. The van der Waals surface area contributed by atoms with Crippen LogP contribution in [-0.4, -0.2) is 37.6 Å². The third-order valence-electron chi connectivity index (χ3n) is 6.86. The zero-order valence-corrected chi connectivity index (χ0v) is 27.3. The Balaban J connectivity index is -0.000000576. The zero-order valence-electron chi connectivity index (χ0n) is 27.3. The average molecular weight is 525 g/mol. The maximum Gasteiger partial charge on any atom is -0.00187 e. The first kappa shape index (κ1) is 41.1. The lowest BCUT2D eigenvalue weighted by molar-refractivity contribution is 0.260. The van der Waals surface area contributed by atoms with E-state index in [-0.39, 0.29) is 0 Å². The minimum atomic E-state index is 1.23. The van der Waals surface area contributed by atoms with Crippen LogP contribution >= 0.6 is 0 Å². The van der Waals surface area contributed by atoms with Gasteiger partial charge in [-0.05, 0) is 71.8 Å². The minimum Gasteiger partial charge on any atom is -0.317 e. The van der Waals surface area contributed by atoms with Gasteiger partial charge in [0.05, 0.1) is 0 Å². The molecule has 0 saturated carbocycles. The number of rotatable bonds is 27. The Morgan fingerprint density at radius 2 is 0.730 bits per heavy atom. The number of allylic oxidation sites excluding steroid dienone is 1. The molecule has 1 N–H and O–H groups in total. The van der Waals surface area contributed by atoms with E-state index in [1.807, 2.05) is 6.92 Å². The summed E-state index contributed by atoms with van der Waals surface area (Å²) in [7, 11) is 0. The SMILES string of the molecule is C=CC.CCCCCCCCN(CCC)CCCCCCC.CCCCCCCNCCCCCCC. The van der Waals surface area contributed by atoms with E-state index < -0.39 is 0 Å². The van der Waals surface area contributed by atoms with Gasteiger partial charge in [0.15, 0.2) is 0 Å². The Bertz CT molecular complexity index is 343. The van der Waals surface area contributed by atoms with Crippen molar-refractivity contribution in [1.82, 2.24) is 10.2 Å². The zero-order chi connectivity index (χ0) is 28.1. The molecule has 0 unspecified atom stereocenters. The van der Waals surface area contributed by atoms with Crippen molar-refractivity contribution >= 4 is 0 Å². The van der Waals surface area contributed by atoms with Crippen molar-refractivity contribution in [2.24, 2.45) is 0 Å². The van der Waals surface area contributed by atoms with Crippen molar-refractivity contribution in [2.45, 2.75) is 183 Å². The summed E-state index contributed by atoms with van der Waals surface area (Å²) in [6.07, 6.45) is 32.6. The fourth-order valence-corrected chi connectivity index (χ4v) is 4.54. The predicted octanol–water partition coefficient (Wildman–Crippen LogP) is 11.7. The van der Waals surface area contributed by atoms with Crippen molar-refractivity contribution in [3.05, 3.63) is 12.7 Å². The van der Waals surface area contributed by atoms with E-state index >= 15 is 0 Å². The Morgan fingerprint density at radius 3 is 1.05 bits per heavy atom. The lowest BCUT2D eigenvalue weighted by Gasteiger charge is -2.21. The molecule has 0 amide bonds. The lowest BCUT2D eigenvalue weighted by Crippen LogP contribution is -2.27. The standard InChI is InChI=1S/C18H39N.C14H31N.C3H6/c1-4-7-9-11-13-15-18-19(16-6-3)17-14-12-10-8-5-2;1-3-5-7-9-11-13-15-14-12-10-8-6-4-2;1-3-2/h4-18H2,1-3H3;15H,3-14H2,1-2H3;3H,1H2,2H3. The Labute approximate surface area is 238 Å². The third-order valence-corrected chi connectivity index (χ3v) is 6.86. The van der Waals surface area contributed by atoms with Gasteiger partial charge in [0.25, 0.3) is 0 Å². The molecule has 0 atom stereocenters. The first-order valence-electron chi connectivity index (χ1n) is 17.2. The Morgan fingerprint density at radius 1 is 0.432 bits per heavy atom. The normalized spacial score (nSPS) is 10.6. The summed E-state index contributed by atoms with van der Waals surface area (Å²) in [4.78, 5) is 2.70. The van der Waals surface area contributed by atoms with Crippen LogP contribution in [0.4, 0.5) is 0 Å². The first-order valence-corrected chi connectivity index (χ1v) is 17.2. The van der Waals surface area contributed by atoms with Crippen molar-refractivity contribution in [3.63, 3.8) is 0 Å². The topological polar surface area (TPSA) is 15.3 Å². The number of nitrogens with one attached hydrogen (secondary N) is 1. The van der Waals surface area contributed by atoms with E-state index in [4.69, 9.17) is 0 Å². The monoisotopic (exact) mass is 525 g/mol. The predicted molar refractivity (Wildman–Crippen MR) is 175 cm³/mol. The molecule has 0 rings (SSSR count). The summed E-state index contributed by atoms with van der Waals surface area (Å²) in [5.41, 5.74) is 0. The van der Waals surface area contributed by atoms with Gasteiger partial charge in [-0.1, -0.05) is 150 Å². The summed E-state index contributed by atoms with van der Waals surface area (Å²) in [6, 6.07) is 0. The van der Waals surface area contributed by atoms with E-state index in [9.17, 15) is 0 Å². The fourth-order valence-electron chi connectivity index (χ4n) is 4.54. The molecule has 2 heteroatoms. The number of hydrogen-bond acceptors (Lipinski definition) is 2. The van der Waals surface area contributed by atoms with E-state index in [2.05, 4.69) is 51.4 Å². The molecule has 0 aromatic rings.